The predicted molar refractivity (Wildman–Crippen MR) is 114 cm³/mol. The third-order valence-corrected chi connectivity index (χ3v) is 4.50. The lowest BCUT2D eigenvalue weighted by Crippen LogP contribution is -2.36. The molecule has 0 amide bonds. The van der Waals surface area contributed by atoms with Crippen molar-refractivity contribution in [1.29, 1.82) is 0 Å². The Kier molecular flexibility index (Phi) is 7.51. The van der Waals surface area contributed by atoms with Crippen LogP contribution in [0.3, 0.4) is 0 Å². The zero-order valence-corrected chi connectivity index (χ0v) is 17.5. The molecule has 0 saturated heterocycles. The van der Waals surface area contributed by atoms with Crippen LogP contribution in [-0.4, -0.2) is 34.7 Å². The fraction of sp³-hybridized carbons (Fsp3) is 0.364. The van der Waals surface area contributed by atoms with Gasteiger partial charge < -0.3 is 19.8 Å². The number of benzene rings is 1. The van der Waals surface area contributed by atoms with Crippen LogP contribution in [0.2, 0.25) is 0 Å². The van der Waals surface area contributed by atoms with Crippen molar-refractivity contribution in [1.82, 2.24) is 20.0 Å². The van der Waals surface area contributed by atoms with Crippen LogP contribution in [0.15, 0.2) is 53.7 Å². The maximum absolute atomic E-state index is 12.1. The number of aryl methyl sites for hydroxylation is 1. The summed E-state index contributed by atoms with van der Waals surface area (Å²) < 4.78 is 43.2. The fourth-order valence-corrected chi connectivity index (χ4v) is 3.00. The molecule has 0 bridgehead atoms. The maximum Gasteiger partial charge on any atom is 0.411 e. The van der Waals surface area contributed by atoms with Crippen molar-refractivity contribution in [3.05, 3.63) is 71.2 Å². The monoisotopic (exact) mass is 433 g/mol. The summed E-state index contributed by atoms with van der Waals surface area (Å²) in [5.41, 5.74) is 4.55. The van der Waals surface area contributed by atoms with Gasteiger partial charge in [0.05, 0.1) is 25.4 Å². The summed E-state index contributed by atoms with van der Waals surface area (Å²) >= 11 is 0. The number of rotatable bonds is 8. The largest absolute Gasteiger partial charge is 0.411 e. The minimum atomic E-state index is -4.31. The molecule has 0 unspecified atom stereocenters. The van der Waals surface area contributed by atoms with E-state index < -0.39 is 12.8 Å². The molecule has 0 atom stereocenters. The van der Waals surface area contributed by atoms with Gasteiger partial charge in [0.15, 0.2) is 5.96 Å². The van der Waals surface area contributed by atoms with Gasteiger partial charge in [0.1, 0.15) is 12.3 Å². The Bertz CT molecular complexity index is 1010. The van der Waals surface area contributed by atoms with E-state index in [0.29, 0.717) is 31.2 Å². The van der Waals surface area contributed by atoms with Gasteiger partial charge in [-0.2, -0.15) is 13.2 Å². The van der Waals surface area contributed by atoms with Crippen molar-refractivity contribution in [3.63, 3.8) is 0 Å². The van der Waals surface area contributed by atoms with E-state index in [9.17, 15) is 13.2 Å². The highest BCUT2D eigenvalue weighted by molar-refractivity contribution is 5.79. The molecule has 0 aliphatic carbocycles. The molecule has 1 aromatic carbocycles. The fourth-order valence-electron chi connectivity index (χ4n) is 3.00. The number of nitrogens with zero attached hydrogens (tertiary/aromatic N) is 3. The zero-order chi connectivity index (χ0) is 22.3. The van der Waals surface area contributed by atoms with E-state index in [2.05, 4.69) is 25.3 Å². The van der Waals surface area contributed by atoms with Gasteiger partial charge in [-0.05, 0) is 37.1 Å². The van der Waals surface area contributed by atoms with Crippen LogP contribution in [0.25, 0.3) is 5.65 Å². The summed E-state index contributed by atoms with van der Waals surface area (Å²) in [4.78, 5) is 9.18. The van der Waals surface area contributed by atoms with Crippen LogP contribution in [-0.2, 0) is 24.4 Å². The van der Waals surface area contributed by atoms with Crippen molar-refractivity contribution < 1.29 is 17.9 Å². The third kappa shape index (κ3) is 6.99. The van der Waals surface area contributed by atoms with E-state index >= 15 is 0 Å². The molecule has 2 heterocycles. The summed E-state index contributed by atoms with van der Waals surface area (Å²) in [7, 11) is 0. The molecule has 3 rings (SSSR count). The normalized spacial score (nSPS) is 12.4. The number of hydrogen-bond acceptors (Lipinski definition) is 3. The smallest absolute Gasteiger partial charge is 0.367 e. The van der Waals surface area contributed by atoms with Crippen molar-refractivity contribution in [2.45, 2.75) is 39.7 Å². The molecule has 2 aromatic heterocycles. The van der Waals surface area contributed by atoms with E-state index in [-0.39, 0.29) is 6.61 Å². The van der Waals surface area contributed by atoms with Crippen LogP contribution in [0.1, 0.15) is 29.4 Å². The molecule has 2 N–H and O–H groups in total. The quantitative estimate of drug-likeness (QED) is 0.417. The van der Waals surface area contributed by atoms with E-state index in [1.165, 1.54) is 0 Å². The predicted octanol–water partition coefficient (Wildman–Crippen LogP) is 3.98. The Morgan fingerprint density at radius 3 is 2.52 bits per heavy atom. The van der Waals surface area contributed by atoms with Crippen molar-refractivity contribution >= 4 is 11.6 Å². The summed E-state index contributed by atoms with van der Waals surface area (Å²) in [6, 6.07) is 13.2. The van der Waals surface area contributed by atoms with Gasteiger partial charge in [0.2, 0.25) is 0 Å². The highest BCUT2D eigenvalue weighted by atomic mass is 19.4. The minimum absolute atomic E-state index is 0.0776. The summed E-state index contributed by atoms with van der Waals surface area (Å²) in [6.45, 7) is 4.37. The number of hydrogen-bond donors (Lipinski definition) is 2. The molecular weight excluding hydrogens is 407 g/mol. The van der Waals surface area contributed by atoms with Crippen molar-refractivity contribution in [2.24, 2.45) is 4.99 Å². The van der Waals surface area contributed by atoms with Gasteiger partial charge in [-0.15, -0.1) is 0 Å². The van der Waals surface area contributed by atoms with E-state index in [1.54, 1.807) is 12.1 Å². The lowest BCUT2D eigenvalue weighted by Gasteiger charge is -2.10. The van der Waals surface area contributed by atoms with Crippen LogP contribution in [0.5, 0.6) is 0 Å². The lowest BCUT2D eigenvalue weighted by molar-refractivity contribution is -0.176. The molecule has 6 nitrogen and oxygen atoms in total. The second-order valence-corrected chi connectivity index (χ2v) is 7.10. The molecule has 0 spiro atoms. The maximum atomic E-state index is 12.1. The van der Waals surface area contributed by atoms with Crippen LogP contribution in [0.4, 0.5) is 13.2 Å². The third-order valence-electron chi connectivity index (χ3n) is 4.50. The minimum Gasteiger partial charge on any atom is -0.367 e. The Morgan fingerprint density at radius 2 is 1.84 bits per heavy atom. The average Bonchev–Trinajstić information content (AvgIpc) is 3.15. The number of aromatic nitrogens is 2. The Balaban J connectivity index is 1.55. The number of ether oxygens (including phenoxy) is 1. The highest BCUT2D eigenvalue weighted by Gasteiger charge is 2.27. The van der Waals surface area contributed by atoms with Gasteiger partial charge in [-0.1, -0.05) is 30.3 Å². The summed E-state index contributed by atoms with van der Waals surface area (Å²) in [5.74, 6) is 0.661. The molecule has 9 heteroatoms. The second-order valence-electron chi connectivity index (χ2n) is 7.10. The Hall–Kier alpha value is -3.07. The number of halogens is 3. The van der Waals surface area contributed by atoms with Gasteiger partial charge in [0, 0.05) is 18.4 Å². The number of alkyl halides is 3. The average molecular weight is 433 g/mol. The zero-order valence-electron chi connectivity index (χ0n) is 17.5. The number of nitrogens with one attached hydrogen (secondary N) is 2. The van der Waals surface area contributed by atoms with Crippen molar-refractivity contribution in [2.75, 3.05) is 13.2 Å². The van der Waals surface area contributed by atoms with E-state index in [1.807, 2.05) is 54.8 Å². The Labute approximate surface area is 179 Å². The number of aliphatic imine (C=N–C) groups is 1. The SMILES string of the molecule is CCNC(=NCc1ccc(COCC(F)(F)F)cc1)NCc1cn2c(C)cccc2n1. The lowest BCUT2D eigenvalue weighted by atomic mass is 10.1. The van der Waals surface area contributed by atoms with Crippen molar-refractivity contribution in [3.8, 4) is 0 Å². The van der Waals surface area contributed by atoms with Crippen LogP contribution < -0.4 is 10.6 Å². The first-order valence-electron chi connectivity index (χ1n) is 10.0. The molecular formula is C22H26F3N5O. The van der Waals surface area contributed by atoms with E-state index in [4.69, 9.17) is 0 Å². The molecule has 166 valence electrons. The Morgan fingerprint density at radius 1 is 1.10 bits per heavy atom. The van der Waals surface area contributed by atoms with Crippen LogP contribution >= 0.6 is 0 Å². The number of fused-ring (bicyclic) bond motifs is 1. The molecule has 0 aliphatic heterocycles. The van der Waals surface area contributed by atoms with Gasteiger partial charge in [-0.25, -0.2) is 9.98 Å². The number of pyridine rings is 1. The highest BCUT2D eigenvalue weighted by Crippen LogP contribution is 2.16. The first-order chi connectivity index (χ1) is 14.8. The number of guanidine groups is 1. The van der Waals surface area contributed by atoms with Crippen LogP contribution in [0, 0.1) is 6.92 Å². The second kappa shape index (κ2) is 10.3. The topological polar surface area (TPSA) is 63.0 Å². The molecule has 3 aromatic rings. The molecule has 0 saturated carbocycles. The molecule has 0 aliphatic rings. The van der Waals surface area contributed by atoms with Gasteiger partial charge in [0.25, 0.3) is 0 Å². The first kappa shape index (κ1) is 22.6. The first-order valence-corrected chi connectivity index (χ1v) is 10.0. The number of imidazole rings is 1. The summed E-state index contributed by atoms with van der Waals surface area (Å²) in [6.07, 6.45) is -2.31. The molecule has 0 radical (unpaired) electrons. The summed E-state index contributed by atoms with van der Waals surface area (Å²) in [5, 5.41) is 6.48. The van der Waals surface area contributed by atoms with Gasteiger partial charge >= 0.3 is 6.18 Å². The van der Waals surface area contributed by atoms with Gasteiger partial charge in [-0.3, -0.25) is 0 Å². The van der Waals surface area contributed by atoms with E-state index in [0.717, 1.165) is 22.6 Å². The molecule has 0 fully saturated rings. The standard InChI is InChI=1S/C22H26F3N5O/c1-3-26-21(28-12-19-13-30-16(2)5-4-6-20(30)29-19)27-11-17-7-9-18(10-8-17)14-31-15-22(23,24)25/h4-10,13H,3,11-12,14-15H2,1-2H3,(H2,26,27,28). The molecule has 31 heavy (non-hydrogen) atoms.